The van der Waals surface area contributed by atoms with Crippen molar-refractivity contribution >= 4 is 12.2 Å². The van der Waals surface area contributed by atoms with E-state index in [1.165, 1.54) is 89.9 Å². The lowest BCUT2D eigenvalue weighted by Crippen LogP contribution is -2.41. The van der Waals surface area contributed by atoms with Crippen LogP contribution in [0.15, 0.2) is 4.99 Å². The normalized spacial score (nSPS) is 19.3. The van der Waals surface area contributed by atoms with E-state index in [4.69, 9.17) is 5.11 Å². The maximum atomic E-state index is 11.0. The molecule has 0 amide bonds. The summed E-state index contributed by atoms with van der Waals surface area (Å²) in [5.41, 5.74) is -0.525. The standard InChI is InChI=1S/C22H42N2O2/c1-2-3-4-5-6-7-8-9-10-11-12-13-14-15-16-17-22(20-21(25)26)23-18-19-24-22/h18,24H,2-17,19-20H2,1H3,(H,25,26). The van der Waals surface area contributed by atoms with Crippen molar-refractivity contribution in [2.45, 2.75) is 122 Å². The van der Waals surface area contributed by atoms with E-state index in [1.807, 2.05) is 6.21 Å². The monoisotopic (exact) mass is 366 g/mol. The fraction of sp³-hybridized carbons (Fsp3) is 0.909. The first-order valence-corrected chi connectivity index (χ1v) is 11.2. The third-order valence-corrected chi connectivity index (χ3v) is 5.50. The van der Waals surface area contributed by atoms with Gasteiger partial charge in [-0.1, -0.05) is 96.8 Å². The molecule has 0 saturated heterocycles. The van der Waals surface area contributed by atoms with Crippen LogP contribution in [0.5, 0.6) is 0 Å². The summed E-state index contributed by atoms with van der Waals surface area (Å²) in [6, 6.07) is 0. The Balaban J connectivity index is 1.85. The number of unbranched alkanes of at least 4 members (excludes halogenated alkanes) is 14. The fourth-order valence-corrected chi connectivity index (χ4v) is 3.89. The predicted octanol–water partition coefficient (Wildman–Crippen LogP) is 6.09. The largest absolute Gasteiger partial charge is 0.481 e. The van der Waals surface area contributed by atoms with Crippen LogP contribution in [-0.4, -0.2) is 29.5 Å². The second-order valence-electron chi connectivity index (χ2n) is 7.99. The van der Waals surface area contributed by atoms with Crippen molar-refractivity contribution in [1.29, 1.82) is 0 Å². The Bertz CT molecular complexity index is 384. The zero-order chi connectivity index (χ0) is 18.9. The molecule has 0 saturated carbocycles. The number of hydrogen-bond donors (Lipinski definition) is 2. The van der Waals surface area contributed by atoms with Gasteiger partial charge >= 0.3 is 5.97 Å². The van der Waals surface area contributed by atoms with Crippen molar-refractivity contribution in [2.24, 2.45) is 4.99 Å². The number of nitrogens with one attached hydrogen (secondary N) is 1. The lowest BCUT2D eigenvalue weighted by atomic mass is 9.98. The molecule has 1 heterocycles. The van der Waals surface area contributed by atoms with Crippen LogP contribution in [0.25, 0.3) is 0 Å². The molecule has 4 heteroatoms. The number of hydrogen-bond acceptors (Lipinski definition) is 3. The smallest absolute Gasteiger partial charge is 0.307 e. The van der Waals surface area contributed by atoms with E-state index in [1.54, 1.807) is 0 Å². The van der Waals surface area contributed by atoms with Gasteiger partial charge in [0.2, 0.25) is 0 Å². The van der Waals surface area contributed by atoms with E-state index in [0.717, 1.165) is 12.8 Å². The van der Waals surface area contributed by atoms with Crippen LogP contribution in [0, 0.1) is 0 Å². The topological polar surface area (TPSA) is 61.7 Å². The van der Waals surface area contributed by atoms with Crippen LogP contribution >= 0.6 is 0 Å². The van der Waals surface area contributed by atoms with Gasteiger partial charge in [-0.25, -0.2) is 0 Å². The van der Waals surface area contributed by atoms with Crippen LogP contribution in [-0.2, 0) is 4.79 Å². The molecule has 0 radical (unpaired) electrons. The van der Waals surface area contributed by atoms with Crippen LogP contribution in [0.1, 0.15) is 116 Å². The second-order valence-corrected chi connectivity index (χ2v) is 7.99. The van der Waals surface area contributed by atoms with Crippen molar-refractivity contribution in [3.8, 4) is 0 Å². The Hall–Kier alpha value is -0.900. The minimum atomic E-state index is -0.766. The number of carboxylic acids is 1. The summed E-state index contributed by atoms with van der Waals surface area (Å²) in [5, 5.41) is 12.3. The summed E-state index contributed by atoms with van der Waals surface area (Å²) in [7, 11) is 0. The van der Waals surface area contributed by atoms with Gasteiger partial charge in [0, 0.05) is 12.8 Å². The zero-order valence-corrected chi connectivity index (χ0v) is 17.1. The van der Waals surface area contributed by atoms with Gasteiger partial charge in [0.1, 0.15) is 5.66 Å². The highest BCUT2D eigenvalue weighted by Crippen LogP contribution is 2.24. The molecule has 0 aromatic rings. The first-order valence-electron chi connectivity index (χ1n) is 11.2. The maximum absolute atomic E-state index is 11.0. The minimum absolute atomic E-state index is 0.0993. The molecular weight excluding hydrogens is 324 g/mol. The Labute approximate surface area is 161 Å². The number of carboxylic acid groups (broad SMARTS) is 1. The average Bonchev–Trinajstić information content (AvgIpc) is 3.06. The van der Waals surface area contributed by atoms with E-state index >= 15 is 0 Å². The van der Waals surface area contributed by atoms with E-state index in [-0.39, 0.29) is 6.42 Å². The van der Waals surface area contributed by atoms with Crippen LogP contribution in [0.4, 0.5) is 0 Å². The summed E-state index contributed by atoms with van der Waals surface area (Å²) in [4.78, 5) is 15.4. The number of aliphatic imine (C=N–C) groups is 1. The highest BCUT2D eigenvalue weighted by molar-refractivity contribution is 5.71. The summed E-state index contributed by atoms with van der Waals surface area (Å²) >= 11 is 0. The molecular formula is C22H42N2O2. The fourth-order valence-electron chi connectivity index (χ4n) is 3.89. The Morgan fingerprint density at radius 2 is 1.35 bits per heavy atom. The van der Waals surface area contributed by atoms with Crippen LogP contribution < -0.4 is 5.32 Å². The first-order chi connectivity index (χ1) is 12.7. The molecule has 0 aromatic carbocycles. The maximum Gasteiger partial charge on any atom is 0.307 e. The Kier molecular flexibility index (Phi) is 13.5. The van der Waals surface area contributed by atoms with Crippen LogP contribution in [0.3, 0.4) is 0 Å². The first kappa shape index (κ1) is 23.1. The van der Waals surface area contributed by atoms with E-state index < -0.39 is 11.6 Å². The minimum Gasteiger partial charge on any atom is -0.481 e. The lowest BCUT2D eigenvalue weighted by molar-refractivity contribution is -0.138. The molecule has 0 spiro atoms. The van der Waals surface area contributed by atoms with Gasteiger partial charge in [-0.3, -0.25) is 15.1 Å². The van der Waals surface area contributed by atoms with E-state index in [0.29, 0.717) is 6.54 Å². The van der Waals surface area contributed by atoms with E-state index in [9.17, 15) is 4.79 Å². The molecule has 26 heavy (non-hydrogen) atoms. The molecule has 1 aliphatic rings. The molecule has 4 nitrogen and oxygen atoms in total. The Morgan fingerprint density at radius 1 is 0.885 bits per heavy atom. The van der Waals surface area contributed by atoms with Gasteiger partial charge in [-0.2, -0.15) is 0 Å². The van der Waals surface area contributed by atoms with Crippen molar-refractivity contribution in [3.63, 3.8) is 0 Å². The SMILES string of the molecule is CCCCCCCCCCCCCCCCCC1(CC(=O)O)N=CCN1. The number of carbonyl (C=O) groups is 1. The predicted molar refractivity (Wildman–Crippen MR) is 111 cm³/mol. The summed E-state index contributed by atoms with van der Waals surface area (Å²) in [5.74, 6) is -0.766. The molecule has 1 rings (SSSR count). The van der Waals surface area contributed by atoms with Crippen molar-refractivity contribution in [2.75, 3.05) is 6.54 Å². The summed E-state index contributed by atoms with van der Waals surface area (Å²) in [6.45, 7) is 2.98. The molecule has 1 unspecified atom stereocenters. The Morgan fingerprint density at radius 3 is 1.73 bits per heavy atom. The number of nitrogens with zero attached hydrogens (tertiary/aromatic N) is 1. The number of rotatable bonds is 18. The quantitative estimate of drug-likeness (QED) is 0.288. The van der Waals surface area contributed by atoms with Gasteiger partial charge in [-0.05, 0) is 12.8 Å². The zero-order valence-electron chi connectivity index (χ0n) is 17.1. The summed E-state index contributed by atoms with van der Waals surface area (Å²) in [6.07, 6.45) is 23.0. The lowest BCUT2D eigenvalue weighted by Gasteiger charge is -2.25. The molecule has 1 atom stereocenters. The van der Waals surface area contributed by atoms with Gasteiger partial charge in [0.25, 0.3) is 0 Å². The van der Waals surface area contributed by atoms with Gasteiger partial charge < -0.3 is 5.11 Å². The molecule has 0 bridgehead atoms. The van der Waals surface area contributed by atoms with Gasteiger partial charge in [0.15, 0.2) is 0 Å². The summed E-state index contributed by atoms with van der Waals surface area (Å²) < 4.78 is 0. The van der Waals surface area contributed by atoms with Gasteiger partial charge in [0.05, 0.1) is 6.42 Å². The van der Waals surface area contributed by atoms with Crippen molar-refractivity contribution in [1.82, 2.24) is 5.32 Å². The molecule has 0 fully saturated rings. The third kappa shape index (κ3) is 11.7. The van der Waals surface area contributed by atoms with Crippen LogP contribution in [0.2, 0.25) is 0 Å². The second kappa shape index (κ2) is 15.2. The van der Waals surface area contributed by atoms with Gasteiger partial charge in [-0.15, -0.1) is 0 Å². The average molecular weight is 367 g/mol. The highest BCUT2D eigenvalue weighted by Gasteiger charge is 2.32. The third-order valence-electron chi connectivity index (χ3n) is 5.50. The molecule has 0 aromatic heterocycles. The number of aliphatic carboxylic acids is 1. The molecule has 152 valence electrons. The van der Waals surface area contributed by atoms with Crippen molar-refractivity contribution in [3.05, 3.63) is 0 Å². The highest BCUT2D eigenvalue weighted by atomic mass is 16.4. The van der Waals surface area contributed by atoms with E-state index in [2.05, 4.69) is 17.2 Å². The van der Waals surface area contributed by atoms with Crippen molar-refractivity contribution < 1.29 is 9.90 Å². The molecule has 2 N–H and O–H groups in total. The molecule has 1 aliphatic heterocycles. The molecule has 0 aliphatic carbocycles.